The van der Waals surface area contributed by atoms with E-state index in [4.69, 9.17) is 4.74 Å². The number of para-hydroxylation sites is 1. The number of hydrogen-bond donors (Lipinski definition) is 1. The Hall–Kier alpha value is -1.32. The van der Waals surface area contributed by atoms with Crippen molar-refractivity contribution >= 4 is 15.9 Å². The third-order valence-electron chi connectivity index (χ3n) is 2.69. The number of benzene rings is 2. The molecule has 0 unspecified atom stereocenters. The van der Waals surface area contributed by atoms with E-state index >= 15 is 0 Å². The molecule has 0 bridgehead atoms. The van der Waals surface area contributed by atoms with E-state index in [1.807, 2.05) is 55.5 Å². The van der Waals surface area contributed by atoms with Crippen LogP contribution in [0.4, 0.5) is 0 Å². The van der Waals surface area contributed by atoms with Gasteiger partial charge in [-0.2, -0.15) is 0 Å². The van der Waals surface area contributed by atoms with Crippen molar-refractivity contribution < 1.29 is 9.84 Å². The number of rotatable bonds is 4. The minimum atomic E-state index is -0.492. The summed E-state index contributed by atoms with van der Waals surface area (Å²) in [6.07, 6.45) is 0.173. The van der Waals surface area contributed by atoms with Gasteiger partial charge in [-0.25, -0.2) is 0 Å². The van der Waals surface area contributed by atoms with E-state index in [1.54, 1.807) is 0 Å². The number of hydrogen-bond acceptors (Lipinski definition) is 2. The normalized spacial score (nSPS) is 12.2. The van der Waals surface area contributed by atoms with Gasteiger partial charge < -0.3 is 9.84 Å². The molecule has 2 aromatic carbocycles. The Kier molecular flexibility index (Phi) is 4.39. The molecule has 0 radical (unpaired) electrons. The van der Waals surface area contributed by atoms with Crippen molar-refractivity contribution in [2.75, 3.05) is 0 Å². The van der Waals surface area contributed by atoms with Crippen LogP contribution in [0.2, 0.25) is 0 Å². The first-order valence-electron chi connectivity index (χ1n) is 5.91. The maximum absolute atomic E-state index is 9.95. The first-order valence-corrected chi connectivity index (χ1v) is 6.70. The van der Waals surface area contributed by atoms with E-state index < -0.39 is 6.10 Å². The maximum atomic E-state index is 9.95. The summed E-state index contributed by atoms with van der Waals surface area (Å²) in [7, 11) is 0. The van der Waals surface area contributed by atoms with Gasteiger partial charge in [0.1, 0.15) is 11.5 Å². The monoisotopic (exact) mass is 306 g/mol. The molecule has 2 rings (SSSR count). The molecule has 0 spiro atoms. The van der Waals surface area contributed by atoms with Crippen LogP contribution in [-0.4, -0.2) is 5.11 Å². The summed E-state index contributed by atoms with van der Waals surface area (Å²) in [5.74, 6) is 1.45. The molecule has 0 aliphatic heterocycles. The third kappa shape index (κ3) is 3.12. The second kappa shape index (κ2) is 6.03. The van der Waals surface area contributed by atoms with Crippen molar-refractivity contribution in [3.05, 3.63) is 58.6 Å². The highest BCUT2D eigenvalue weighted by atomic mass is 79.9. The molecule has 0 aliphatic carbocycles. The quantitative estimate of drug-likeness (QED) is 0.888. The molecule has 1 atom stereocenters. The fourth-order valence-electron chi connectivity index (χ4n) is 1.73. The molecule has 0 saturated heterocycles. The SMILES string of the molecule is CC[C@H](O)c1ccccc1Oc1cccc(Br)c1. The molecule has 2 nitrogen and oxygen atoms in total. The van der Waals surface area contributed by atoms with Gasteiger partial charge in [-0.05, 0) is 30.7 Å². The molecule has 1 N–H and O–H groups in total. The Bertz CT molecular complexity index is 525. The highest BCUT2D eigenvalue weighted by molar-refractivity contribution is 9.10. The summed E-state index contributed by atoms with van der Waals surface area (Å²) >= 11 is 3.41. The average molecular weight is 307 g/mol. The van der Waals surface area contributed by atoms with E-state index in [9.17, 15) is 5.11 Å². The Balaban J connectivity index is 2.29. The molecule has 94 valence electrons. The van der Waals surface area contributed by atoms with Crippen LogP contribution in [0.3, 0.4) is 0 Å². The van der Waals surface area contributed by atoms with Gasteiger partial charge in [0.05, 0.1) is 6.10 Å². The highest BCUT2D eigenvalue weighted by Crippen LogP contribution is 2.31. The van der Waals surface area contributed by atoms with Gasteiger partial charge in [0.25, 0.3) is 0 Å². The summed E-state index contributed by atoms with van der Waals surface area (Å²) in [5, 5.41) is 9.95. The van der Waals surface area contributed by atoms with Crippen LogP contribution in [0.25, 0.3) is 0 Å². The predicted molar refractivity (Wildman–Crippen MR) is 75.9 cm³/mol. The zero-order valence-corrected chi connectivity index (χ0v) is 11.7. The van der Waals surface area contributed by atoms with E-state index in [-0.39, 0.29) is 0 Å². The summed E-state index contributed by atoms with van der Waals surface area (Å²) in [5.41, 5.74) is 0.819. The maximum Gasteiger partial charge on any atom is 0.133 e. The van der Waals surface area contributed by atoms with E-state index in [2.05, 4.69) is 15.9 Å². The van der Waals surface area contributed by atoms with Crippen LogP contribution in [0.15, 0.2) is 53.0 Å². The molecule has 2 aromatic rings. The summed E-state index contributed by atoms with van der Waals surface area (Å²) in [4.78, 5) is 0. The van der Waals surface area contributed by atoms with E-state index in [0.29, 0.717) is 12.2 Å². The van der Waals surface area contributed by atoms with E-state index in [0.717, 1.165) is 15.8 Å². The topological polar surface area (TPSA) is 29.5 Å². The second-order valence-corrected chi connectivity index (χ2v) is 4.94. The number of aliphatic hydroxyl groups is 1. The molecule has 0 fully saturated rings. The van der Waals surface area contributed by atoms with Crippen molar-refractivity contribution in [2.24, 2.45) is 0 Å². The minimum Gasteiger partial charge on any atom is -0.457 e. The average Bonchev–Trinajstić information content (AvgIpc) is 2.38. The minimum absolute atomic E-state index is 0.492. The summed E-state index contributed by atoms with van der Waals surface area (Å²) in [6.45, 7) is 1.94. The van der Waals surface area contributed by atoms with Crippen molar-refractivity contribution in [2.45, 2.75) is 19.4 Å². The predicted octanol–water partition coefficient (Wildman–Crippen LogP) is 4.68. The molecule has 0 saturated carbocycles. The molecule has 0 amide bonds. The van der Waals surface area contributed by atoms with Gasteiger partial charge >= 0.3 is 0 Å². The van der Waals surface area contributed by atoms with Crippen molar-refractivity contribution in [1.29, 1.82) is 0 Å². The van der Waals surface area contributed by atoms with Gasteiger partial charge in [0, 0.05) is 10.0 Å². The first-order chi connectivity index (χ1) is 8.70. The van der Waals surface area contributed by atoms with Crippen LogP contribution in [0.5, 0.6) is 11.5 Å². The Morgan fingerprint density at radius 2 is 1.94 bits per heavy atom. The largest absolute Gasteiger partial charge is 0.457 e. The van der Waals surface area contributed by atoms with Gasteiger partial charge in [0.2, 0.25) is 0 Å². The number of aliphatic hydroxyl groups excluding tert-OH is 1. The van der Waals surface area contributed by atoms with Crippen LogP contribution in [0, 0.1) is 0 Å². The molecule has 0 aromatic heterocycles. The molecule has 0 heterocycles. The summed E-state index contributed by atoms with van der Waals surface area (Å²) in [6, 6.07) is 15.2. The van der Waals surface area contributed by atoms with Crippen molar-refractivity contribution in [3.8, 4) is 11.5 Å². The van der Waals surface area contributed by atoms with Gasteiger partial charge in [-0.1, -0.05) is 47.1 Å². The van der Waals surface area contributed by atoms with Gasteiger partial charge in [-0.3, -0.25) is 0 Å². The standard InChI is InChI=1S/C15H15BrO2/c1-2-14(17)13-8-3-4-9-15(13)18-12-7-5-6-11(16)10-12/h3-10,14,17H,2H2,1H3/t14-/m0/s1. The van der Waals surface area contributed by atoms with E-state index in [1.165, 1.54) is 0 Å². The highest BCUT2D eigenvalue weighted by Gasteiger charge is 2.11. The van der Waals surface area contributed by atoms with Gasteiger partial charge in [-0.15, -0.1) is 0 Å². The van der Waals surface area contributed by atoms with Crippen LogP contribution in [-0.2, 0) is 0 Å². The summed E-state index contributed by atoms with van der Waals surface area (Å²) < 4.78 is 6.79. The van der Waals surface area contributed by atoms with Crippen LogP contribution < -0.4 is 4.74 Å². The Morgan fingerprint density at radius 3 is 2.67 bits per heavy atom. The fraction of sp³-hybridized carbons (Fsp3) is 0.200. The Morgan fingerprint density at radius 1 is 1.17 bits per heavy atom. The lowest BCUT2D eigenvalue weighted by Gasteiger charge is -2.14. The number of halogens is 1. The van der Waals surface area contributed by atoms with Gasteiger partial charge in [0.15, 0.2) is 0 Å². The number of ether oxygens (including phenoxy) is 1. The van der Waals surface area contributed by atoms with Crippen molar-refractivity contribution in [1.82, 2.24) is 0 Å². The lowest BCUT2D eigenvalue weighted by molar-refractivity contribution is 0.170. The zero-order valence-electron chi connectivity index (χ0n) is 10.1. The second-order valence-electron chi connectivity index (χ2n) is 4.02. The van der Waals surface area contributed by atoms with Crippen LogP contribution >= 0.6 is 15.9 Å². The van der Waals surface area contributed by atoms with Crippen LogP contribution in [0.1, 0.15) is 25.0 Å². The molecular formula is C15H15BrO2. The van der Waals surface area contributed by atoms with Crippen molar-refractivity contribution in [3.63, 3.8) is 0 Å². The fourth-order valence-corrected chi connectivity index (χ4v) is 2.10. The molecule has 18 heavy (non-hydrogen) atoms. The molecular weight excluding hydrogens is 292 g/mol. The third-order valence-corrected chi connectivity index (χ3v) is 3.18. The smallest absolute Gasteiger partial charge is 0.133 e. The zero-order chi connectivity index (χ0) is 13.0. The molecule has 0 aliphatic rings. The Labute approximate surface area is 115 Å². The molecule has 3 heteroatoms. The lowest BCUT2D eigenvalue weighted by atomic mass is 10.1. The lowest BCUT2D eigenvalue weighted by Crippen LogP contribution is -1.98. The first kappa shape index (κ1) is 13.1.